The molecule has 0 saturated heterocycles. The number of nitrogen functional groups attached to an aromatic ring is 1. The van der Waals surface area contributed by atoms with Crippen LogP contribution in [-0.2, 0) is 7.05 Å². The fraction of sp³-hybridized carbons (Fsp3) is 0.0526. The summed E-state index contributed by atoms with van der Waals surface area (Å²) in [5.41, 5.74) is 12.1. The zero-order chi connectivity index (χ0) is 16.5. The van der Waals surface area contributed by atoms with E-state index < -0.39 is 0 Å². The Morgan fingerprint density at radius 3 is 2.29 bits per heavy atom. The molecule has 5 heteroatoms. The molecule has 0 atom stereocenters. The Hall–Kier alpha value is -2.92. The van der Waals surface area contributed by atoms with Gasteiger partial charge in [-0.1, -0.05) is 42.5 Å². The highest BCUT2D eigenvalue weighted by Crippen LogP contribution is 2.28. The molecule has 24 heavy (non-hydrogen) atoms. The van der Waals surface area contributed by atoms with Gasteiger partial charge >= 0.3 is 0 Å². The molecule has 0 radical (unpaired) electrons. The molecule has 0 fully saturated rings. The van der Waals surface area contributed by atoms with Gasteiger partial charge in [0.15, 0.2) is 5.13 Å². The monoisotopic (exact) mass is 332 g/mol. The molecular formula is C19H16N4S. The van der Waals surface area contributed by atoms with Crippen molar-refractivity contribution in [3.63, 3.8) is 0 Å². The number of benzene rings is 2. The third-order valence-electron chi connectivity index (χ3n) is 3.91. The predicted molar refractivity (Wildman–Crippen MR) is 99.6 cm³/mol. The van der Waals surface area contributed by atoms with Gasteiger partial charge in [0.2, 0.25) is 0 Å². The maximum atomic E-state index is 5.71. The van der Waals surface area contributed by atoms with E-state index in [-0.39, 0.29) is 0 Å². The maximum absolute atomic E-state index is 5.71. The van der Waals surface area contributed by atoms with Crippen LogP contribution < -0.4 is 5.73 Å². The van der Waals surface area contributed by atoms with Crippen molar-refractivity contribution in [1.82, 2.24) is 14.8 Å². The molecule has 2 heterocycles. The van der Waals surface area contributed by atoms with Crippen molar-refractivity contribution in [3.05, 3.63) is 66.2 Å². The first-order chi connectivity index (χ1) is 11.7. The van der Waals surface area contributed by atoms with E-state index >= 15 is 0 Å². The fourth-order valence-electron chi connectivity index (χ4n) is 2.68. The zero-order valence-electron chi connectivity index (χ0n) is 13.2. The lowest BCUT2D eigenvalue weighted by Gasteiger charge is -2.05. The minimum absolute atomic E-state index is 0.595. The Kier molecular flexibility index (Phi) is 3.63. The van der Waals surface area contributed by atoms with Crippen LogP contribution in [0.2, 0.25) is 0 Å². The number of rotatable bonds is 3. The molecule has 0 aliphatic heterocycles. The summed E-state index contributed by atoms with van der Waals surface area (Å²) in [7, 11) is 1.93. The Morgan fingerprint density at radius 2 is 1.62 bits per heavy atom. The van der Waals surface area contributed by atoms with E-state index in [1.807, 2.05) is 29.4 Å². The summed E-state index contributed by atoms with van der Waals surface area (Å²) in [6, 6.07) is 18.8. The molecular weight excluding hydrogens is 316 g/mol. The number of thiazole rings is 1. The molecule has 2 aromatic carbocycles. The average Bonchev–Trinajstić information content (AvgIpc) is 3.24. The molecule has 4 aromatic rings. The van der Waals surface area contributed by atoms with Crippen LogP contribution >= 0.6 is 11.3 Å². The topological polar surface area (TPSA) is 56.7 Å². The third kappa shape index (κ3) is 2.81. The number of hydrogen-bond acceptors (Lipinski definition) is 4. The average molecular weight is 332 g/mol. The van der Waals surface area contributed by atoms with Crippen LogP contribution in [0.25, 0.3) is 33.6 Å². The second-order valence-corrected chi connectivity index (χ2v) is 6.49. The summed E-state index contributed by atoms with van der Waals surface area (Å²) in [6.07, 6.45) is 1.95. The molecule has 4 nitrogen and oxygen atoms in total. The van der Waals surface area contributed by atoms with Gasteiger partial charge in [-0.15, -0.1) is 11.3 Å². The fourth-order valence-corrected chi connectivity index (χ4v) is 3.25. The molecule has 2 aromatic heterocycles. The number of anilines is 1. The number of nitrogens with zero attached hydrogens (tertiary/aromatic N) is 3. The molecule has 0 aliphatic carbocycles. The Bertz CT molecular complexity index is 983. The van der Waals surface area contributed by atoms with Crippen molar-refractivity contribution in [2.45, 2.75) is 0 Å². The molecule has 0 aliphatic rings. The van der Waals surface area contributed by atoms with Crippen LogP contribution in [0.15, 0.2) is 66.2 Å². The quantitative estimate of drug-likeness (QED) is 0.602. The van der Waals surface area contributed by atoms with E-state index in [9.17, 15) is 0 Å². The van der Waals surface area contributed by atoms with Gasteiger partial charge in [0.05, 0.1) is 11.4 Å². The van der Waals surface area contributed by atoms with E-state index in [1.165, 1.54) is 22.5 Å². The highest BCUT2D eigenvalue weighted by Gasteiger charge is 2.06. The molecule has 0 saturated carbocycles. The van der Waals surface area contributed by atoms with Crippen molar-refractivity contribution in [1.29, 1.82) is 0 Å². The van der Waals surface area contributed by atoms with Gasteiger partial charge in [-0.3, -0.25) is 4.68 Å². The zero-order valence-corrected chi connectivity index (χ0v) is 14.0. The smallest absolute Gasteiger partial charge is 0.180 e. The second-order valence-electron chi connectivity index (χ2n) is 5.60. The van der Waals surface area contributed by atoms with Gasteiger partial charge < -0.3 is 5.73 Å². The summed E-state index contributed by atoms with van der Waals surface area (Å²) >= 11 is 1.46. The van der Waals surface area contributed by atoms with Gasteiger partial charge in [0, 0.05) is 29.8 Å². The summed E-state index contributed by atoms with van der Waals surface area (Å²) in [5.74, 6) is 0. The minimum Gasteiger partial charge on any atom is -0.375 e. The summed E-state index contributed by atoms with van der Waals surface area (Å²) in [4.78, 5) is 4.33. The number of hydrogen-bond donors (Lipinski definition) is 1. The molecule has 118 valence electrons. The summed E-state index contributed by atoms with van der Waals surface area (Å²) < 4.78 is 1.82. The number of aryl methyl sites for hydroxylation is 1. The molecule has 0 spiro atoms. The van der Waals surface area contributed by atoms with E-state index in [4.69, 9.17) is 5.73 Å². The van der Waals surface area contributed by atoms with Crippen LogP contribution in [0.3, 0.4) is 0 Å². The van der Waals surface area contributed by atoms with Crippen molar-refractivity contribution in [3.8, 4) is 33.6 Å². The van der Waals surface area contributed by atoms with Crippen LogP contribution in [0, 0.1) is 0 Å². The van der Waals surface area contributed by atoms with Crippen LogP contribution in [-0.4, -0.2) is 14.8 Å². The van der Waals surface area contributed by atoms with E-state index in [2.05, 4.69) is 58.6 Å². The molecule has 2 N–H and O–H groups in total. The van der Waals surface area contributed by atoms with Gasteiger partial charge in [-0.2, -0.15) is 5.10 Å². The molecule has 0 amide bonds. The number of nitrogens with two attached hydrogens (primary N) is 1. The van der Waals surface area contributed by atoms with Gasteiger partial charge in [-0.25, -0.2) is 4.98 Å². The first-order valence-electron chi connectivity index (χ1n) is 7.61. The highest BCUT2D eigenvalue weighted by atomic mass is 32.1. The second kappa shape index (κ2) is 5.94. The first kappa shape index (κ1) is 14.7. The van der Waals surface area contributed by atoms with E-state index in [0.717, 1.165) is 22.5 Å². The van der Waals surface area contributed by atoms with Gasteiger partial charge in [0.1, 0.15) is 0 Å². The molecule has 0 unspecified atom stereocenters. The summed E-state index contributed by atoms with van der Waals surface area (Å²) in [5, 5.41) is 7.04. The van der Waals surface area contributed by atoms with Gasteiger partial charge in [-0.05, 0) is 23.3 Å². The molecule has 0 bridgehead atoms. The highest BCUT2D eigenvalue weighted by molar-refractivity contribution is 7.13. The predicted octanol–water partition coefficient (Wildman–Crippen LogP) is 4.46. The van der Waals surface area contributed by atoms with Crippen molar-refractivity contribution < 1.29 is 0 Å². The Morgan fingerprint density at radius 1 is 0.875 bits per heavy atom. The van der Waals surface area contributed by atoms with Crippen LogP contribution in [0.1, 0.15) is 0 Å². The van der Waals surface area contributed by atoms with E-state index in [0.29, 0.717) is 5.13 Å². The van der Waals surface area contributed by atoms with Gasteiger partial charge in [0.25, 0.3) is 0 Å². The normalized spacial score (nSPS) is 10.9. The van der Waals surface area contributed by atoms with Crippen molar-refractivity contribution in [2.24, 2.45) is 7.05 Å². The number of aromatic nitrogens is 3. The Balaban J connectivity index is 1.66. The van der Waals surface area contributed by atoms with E-state index in [1.54, 1.807) is 0 Å². The largest absolute Gasteiger partial charge is 0.375 e. The lowest BCUT2D eigenvalue weighted by molar-refractivity contribution is 0.771. The summed E-state index contributed by atoms with van der Waals surface area (Å²) in [6.45, 7) is 0. The lowest BCUT2D eigenvalue weighted by atomic mass is 10.0. The first-order valence-corrected chi connectivity index (χ1v) is 8.49. The molecule has 4 rings (SSSR count). The standard InChI is InChI=1S/C19H16N4S/c1-23-10-9-17(22-23)16-4-2-3-15(11-16)13-5-7-14(8-6-13)18-12-24-19(20)21-18/h2-12H,1H3,(H2,20,21). The Labute approximate surface area is 144 Å². The van der Waals surface area contributed by atoms with Crippen LogP contribution in [0.4, 0.5) is 5.13 Å². The maximum Gasteiger partial charge on any atom is 0.180 e. The third-order valence-corrected chi connectivity index (χ3v) is 4.58. The minimum atomic E-state index is 0.595. The van der Waals surface area contributed by atoms with Crippen molar-refractivity contribution >= 4 is 16.5 Å². The SMILES string of the molecule is Cn1ccc(-c2cccc(-c3ccc(-c4csc(N)n4)cc3)c2)n1. The lowest BCUT2D eigenvalue weighted by Crippen LogP contribution is -1.88. The van der Waals surface area contributed by atoms with Crippen molar-refractivity contribution in [2.75, 3.05) is 5.73 Å². The van der Waals surface area contributed by atoms with Crippen LogP contribution in [0.5, 0.6) is 0 Å².